The zero-order valence-corrected chi connectivity index (χ0v) is 9.67. The molecule has 0 radical (unpaired) electrons. The number of carboxylic acid groups (broad SMARTS) is 1. The smallest absolute Gasteiger partial charge is 0.339 e. The minimum absolute atomic E-state index is 0.173. The molecule has 6 nitrogen and oxygen atoms in total. The SMILES string of the molecule is CC1CN(Cc2ncncc2C(=O)O)CCO1. The monoisotopic (exact) mass is 237 g/mol. The fourth-order valence-electron chi connectivity index (χ4n) is 1.91. The Bertz CT molecular complexity index is 411. The zero-order chi connectivity index (χ0) is 12.3. The number of carboxylic acids is 1. The van der Waals surface area contributed by atoms with Crippen molar-refractivity contribution in [3.05, 3.63) is 23.8 Å². The Balaban J connectivity index is 2.10. The molecule has 0 aromatic carbocycles. The maximum Gasteiger partial charge on any atom is 0.339 e. The van der Waals surface area contributed by atoms with E-state index in [0.29, 0.717) is 18.8 Å². The van der Waals surface area contributed by atoms with Crippen LogP contribution in [0.25, 0.3) is 0 Å². The van der Waals surface area contributed by atoms with Crippen molar-refractivity contribution in [2.45, 2.75) is 19.6 Å². The van der Waals surface area contributed by atoms with Gasteiger partial charge in [-0.1, -0.05) is 0 Å². The Hall–Kier alpha value is -1.53. The fourth-order valence-corrected chi connectivity index (χ4v) is 1.91. The first-order valence-electron chi connectivity index (χ1n) is 5.53. The molecule has 1 aromatic heterocycles. The first kappa shape index (κ1) is 11.9. The molecule has 0 aliphatic carbocycles. The molecule has 2 heterocycles. The largest absolute Gasteiger partial charge is 0.478 e. The van der Waals surface area contributed by atoms with E-state index in [0.717, 1.165) is 13.1 Å². The summed E-state index contributed by atoms with van der Waals surface area (Å²) in [5.41, 5.74) is 0.730. The van der Waals surface area contributed by atoms with Crippen molar-refractivity contribution < 1.29 is 14.6 Å². The van der Waals surface area contributed by atoms with Crippen molar-refractivity contribution in [3.8, 4) is 0 Å². The molecule has 0 spiro atoms. The van der Waals surface area contributed by atoms with Gasteiger partial charge >= 0.3 is 5.97 Å². The second-order valence-corrected chi connectivity index (χ2v) is 4.10. The third-order valence-corrected chi connectivity index (χ3v) is 2.72. The van der Waals surface area contributed by atoms with E-state index in [2.05, 4.69) is 14.9 Å². The quantitative estimate of drug-likeness (QED) is 0.820. The number of hydrogen-bond acceptors (Lipinski definition) is 5. The van der Waals surface area contributed by atoms with E-state index in [-0.39, 0.29) is 11.7 Å². The van der Waals surface area contributed by atoms with Gasteiger partial charge in [0.1, 0.15) is 11.9 Å². The molecule has 0 bridgehead atoms. The summed E-state index contributed by atoms with van der Waals surface area (Å²) >= 11 is 0. The fraction of sp³-hybridized carbons (Fsp3) is 0.545. The lowest BCUT2D eigenvalue weighted by molar-refractivity contribution is -0.0216. The highest BCUT2D eigenvalue weighted by atomic mass is 16.5. The minimum Gasteiger partial charge on any atom is -0.478 e. The van der Waals surface area contributed by atoms with Crippen molar-refractivity contribution in [2.75, 3.05) is 19.7 Å². The third-order valence-electron chi connectivity index (χ3n) is 2.72. The summed E-state index contributed by atoms with van der Waals surface area (Å²) in [7, 11) is 0. The average molecular weight is 237 g/mol. The summed E-state index contributed by atoms with van der Waals surface area (Å²) in [6.07, 6.45) is 2.90. The molecule has 17 heavy (non-hydrogen) atoms. The molecule has 1 fully saturated rings. The predicted octanol–water partition coefficient (Wildman–Crippen LogP) is 0.396. The first-order valence-corrected chi connectivity index (χ1v) is 5.53. The molecule has 0 saturated carbocycles. The molecule has 1 saturated heterocycles. The first-order chi connectivity index (χ1) is 8.16. The van der Waals surface area contributed by atoms with Gasteiger partial charge in [0, 0.05) is 25.8 Å². The van der Waals surface area contributed by atoms with Gasteiger partial charge in [-0.2, -0.15) is 0 Å². The summed E-state index contributed by atoms with van der Waals surface area (Å²) < 4.78 is 5.43. The van der Waals surface area contributed by atoms with E-state index in [1.165, 1.54) is 12.5 Å². The maximum atomic E-state index is 11.0. The molecule has 1 aliphatic rings. The van der Waals surface area contributed by atoms with Gasteiger partial charge in [-0.15, -0.1) is 0 Å². The van der Waals surface area contributed by atoms with Crippen LogP contribution in [0.3, 0.4) is 0 Å². The molecular weight excluding hydrogens is 222 g/mol. The van der Waals surface area contributed by atoms with Gasteiger partial charge in [0.2, 0.25) is 0 Å². The van der Waals surface area contributed by atoms with Crippen molar-refractivity contribution in [1.29, 1.82) is 0 Å². The van der Waals surface area contributed by atoms with Crippen LogP contribution in [-0.2, 0) is 11.3 Å². The van der Waals surface area contributed by atoms with Gasteiger partial charge in [0.05, 0.1) is 18.4 Å². The minimum atomic E-state index is -0.984. The maximum absolute atomic E-state index is 11.0. The van der Waals surface area contributed by atoms with E-state index in [1.807, 2.05) is 6.92 Å². The van der Waals surface area contributed by atoms with Gasteiger partial charge in [-0.3, -0.25) is 4.90 Å². The molecule has 1 aliphatic heterocycles. The number of hydrogen-bond donors (Lipinski definition) is 1. The molecule has 6 heteroatoms. The van der Waals surface area contributed by atoms with Gasteiger partial charge < -0.3 is 9.84 Å². The highest BCUT2D eigenvalue weighted by Gasteiger charge is 2.20. The molecule has 0 amide bonds. The second-order valence-electron chi connectivity index (χ2n) is 4.10. The van der Waals surface area contributed by atoms with Crippen molar-refractivity contribution >= 4 is 5.97 Å². The Labute approximate surface area is 99.2 Å². The Morgan fingerprint density at radius 2 is 2.53 bits per heavy atom. The topological polar surface area (TPSA) is 75.6 Å². The van der Waals surface area contributed by atoms with Gasteiger partial charge in [0.25, 0.3) is 0 Å². The lowest BCUT2D eigenvalue weighted by Gasteiger charge is -2.30. The standard InChI is InChI=1S/C11H15N3O3/c1-8-5-14(2-3-17-8)6-10-9(11(15)16)4-12-7-13-10/h4,7-8H,2-3,5-6H2,1H3,(H,15,16). The average Bonchev–Trinajstić information content (AvgIpc) is 2.29. The molecular formula is C11H15N3O3. The number of rotatable bonds is 3. The number of morpholine rings is 1. The summed E-state index contributed by atoms with van der Waals surface area (Å²) in [5.74, 6) is -0.984. The lowest BCUT2D eigenvalue weighted by atomic mass is 10.2. The Morgan fingerprint density at radius 3 is 3.24 bits per heavy atom. The van der Waals surface area contributed by atoms with Crippen LogP contribution in [0.4, 0.5) is 0 Å². The summed E-state index contributed by atoms with van der Waals surface area (Å²) in [6.45, 7) is 4.80. The van der Waals surface area contributed by atoms with Crippen molar-refractivity contribution in [1.82, 2.24) is 14.9 Å². The van der Waals surface area contributed by atoms with Crippen LogP contribution < -0.4 is 0 Å². The highest BCUT2D eigenvalue weighted by Crippen LogP contribution is 2.11. The summed E-state index contributed by atoms with van der Waals surface area (Å²) in [4.78, 5) is 20.9. The van der Waals surface area contributed by atoms with Crippen LogP contribution in [-0.4, -0.2) is 51.7 Å². The van der Waals surface area contributed by atoms with E-state index >= 15 is 0 Å². The molecule has 1 N–H and O–H groups in total. The highest BCUT2D eigenvalue weighted by molar-refractivity contribution is 5.88. The number of ether oxygens (including phenoxy) is 1. The number of aromatic nitrogens is 2. The Morgan fingerprint density at radius 1 is 1.71 bits per heavy atom. The second kappa shape index (κ2) is 5.20. The lowest BCUT2D eigenvalue weighted by Crippen LogP contribution is -2.40. The van der Waals surface area contributed by atoms with Crippen LogP contribution in [0.15, 0.2) is 12.5 Å². The van der Waals surface area contributed by atoms with Gasteiger partial charge in [0.15, 0.2) is 0 Å². The summed E-state index contributed by atoms with van der Waals surface area (Å²) in [6, 6.07) is 0. The molecule has 2 rings (SSSR count). The molecule has 1 aromatic rings. The molecule has 1 atom stereocenters. The van der Waals surface area contributed by atoms with Gasteiger partial charge in [-0.05, 0) is 6.92 Å². The third kappa shape index (κ3) is 2.98. The summed E-state index contributed by atoms with van der Waals surface area (Å²) in [5, 5.41) is 9.02. The number of nitrogens with zero attached hydrogens (tertiary/aromatic N) is 3. The number of aromatic carboxylic acids is 1. The van der Waals surface area contributed by atoms with E-state index in [1.54, 1.807) is 0 Å². The van der Waals surface area contributed by atoms with E-state index < -0.39 is 5.97 Å². The van der Waals surface area contributed by atoms with Crippen LogP contribution in [0.5, 0.6) is 0 Å². The normalized spacial score (nSPS) is 21.4. The molecule has 92 valence electrons. The van der Waals surface area contributed by atoms with Crippen molar-refractivity contribution in [3.63, 3.8) is 0 Å². The predicted molar refractivity (Wildman–Crippen MR) is 59.7 cm³/mol. The Kier molecular flexibility index (Phi) is 3.65. The van der Waals surface area contributed by atoms with Crippen LogP contribution in [0.1, 0.15) is 23.0 Å². The van der Waals surface area contributed by atoms with Gasteiger partial charge in [-0.25, -0.2) is 14.8 Å². The van der Waals surface area contributed by atoms with Crippen molar-refractivity contribution in [2.24, 2.45) is 0 Å². The number of carbonyl (C=O) groups is 1. The molecule has 1 unspecified atom stereocenters. The zero-order valence-electron chi connectivity index (χ0n) is 9.67. The van der Waals surface area contributed by atoms with Crippen LogP contribution in [0.2, 0.25) is 0 Å². The van der Waals surface area contributed by atoms with Crippen LogP contribution in [0, 0.1) is 0 Å². The van der Waals surface area contributed by atoms with Crippen LogP contribution >= 0.6 is 0 Å². The van der Waals surface area contributed by atoms with E-state index in [9.17, 15) is 4.79 Å². The van der Waals surface area contributed by atoms with E-state index in [4.69, 9.17) is 9.84 Å².